The number of aromatic nitrogens is 3. The molecule has 3 rings (SSSR count). The van der Waals surface area contributed by atoms with Crippen LogP contribution < -0.4 is 5.73 Å². The molecule has 0 aliphatic heterocycles. The first-order valence-electron chi connectivity index (χ1n) is 5.67. The summed E-state index contributed by atoms with van der Waals surface area (Å²) in [5, 5.41) is 8.09. The van der Waals surface area contributed by atoms with Crippen molar-refractivity contribution in [1.29, 1.82) is 0 Å². The van der Waals surface area contributed by atoms with Crippen LogP contribution in [0.15, 0.2) is 60.8 Å². The summed E-state index contributed by atoms with van der Waals surface area (Å²) in [4.78, 5) is 0. The zero-order valence-electron chi connectivity index (χ0n) is 9.69. The molecule has 3 aromatic rings. The molecule has 0 unspecified atom stereocenters. The molecule has 0 aliphatic rings. The van der Waals surface area contributed by atoms with Crippen LogP contribution in [-0.2, 0) is 0 Å². The van der Waals surface area contributed by atoms with Gasteiger partial charge in [-0.3, -0.25) is 0 Å². The predicted molar refractivity (Wildman–Crippen MR) is 71.2 cm³/mol. The average Bonchev–Trinajstić information content (AvgIpc) is 2.89. The topological polar surface area (TPSA) is 56.7 Å². The third-order valence-corrected chi connectivity index (χ3v) is 2.79. The van der Waals surface area contributed by atoms with Gasteiger partial charge in [0.05, 0.1) is 17.6 Å². The monoisotopic (exact) mass is 236 g/mol. The van der Waals surface area contributed by atoms with E-state index in [9.17, 15) is 0 Å². The van der Waals surface area contributed by atoms with Gasteiger partial charge < -0.3 is 5.73 Å². The standard InChI is InChI=1S/C14H12N4/c15-13-9-5-4-8-12(13)14-10-16-17-18(14)11-6-2-1-3-7-11/h1-10H,15H2. The maximum absolute atomic E-state index is 5.99. The number of nitrogen functional groups attached to an aromatic ring is 1. The molecule has 0 bridgehead atoms. The van der Waals surface area contributed by atoms with Crippen LogP contribution in [0.25, 0.3) is 16.9 Å². The van der Waals surface area contributed by atoms with E-state index >= 15 is 0 Å². The van der Waals surface area contributed by atoms with Crippen LogP contribution in [0.4, 0.5) is 5.69 Å². The van der Waals surface area contributed by atoms with Gasteiger partial charge in [-0.05, 0) is 18.2 Å². The first kappa shape index (κ1) is 10.5. The molecule has 18 heavy (non-hydrogen) atoms. The summed E-state index contributed by atoms with van der Waals surface area (Å²) in [7, 11) is 0. The van der Waals surface area contributed by atoms with Gasteiger partial charge in [-0.25, -0.2) is 4.68 Å². The van der Waals surface area contributed by atoms with Crippen LogP contribution in [0.1, 0.15) is 0 Å². The van der Waals surface area contributed by atoms with Crippen molar-refractivity contribution >= 4 is 5.69 Å². The van der Waals surface area contributed by atoms with Crippen molar-refractivity contribution in [2.45, 2.75) is 0 Å². The van der Waals surface area contributed by atoms with Gasteiger partial charge in [-0.2, -0.15) is 0 Å². The maximum Gasteiger partial charge on any atom is 0.0964 e. The Morgan fingerprint density at radius 1 is 0.889 bits per heavy atom. The molecule has 2 aromatic carbocycles. The number of nitrogens with two attached hydrogens (primary N) is 1. The molecular formula is C14H12N4. The molecule has 0 radical (unpaired) electrons. The smallest absolute Gasteiger partial charge is 0.0964 e. The maximum atomic E-state index is 5.99. The van der Waals surface area contributed by atoms with Crippen LogP contribution in [0.2, 0.25) is 0 Å². The third-order valence-electron chi connectivity index (χ3n) is 2.79. The van der Waals surface area contributed by atoms with Gasteiger partial charge in [-0.1, -0.05) is 41.6 Å². The van der Waals surface area contributed by atoms with Gasteiger partial charge in [-0.15, -0.1) is 5.10 Å². The molecule has 88 valence electrons. The van der Waals surface area contributed by atoms with Crippen molar-refractivity contribution in [3.05, 3.63) is 60.8 Å². The lowest BCUT2D eigenvalue weighted by Crippen LogP contribution is -2.00. The number of rotatable bonds is 2. The van der Waals surface area contributed by atoms with Crippen molar-refractivity contribution in [1.82, 2.24) is 15.0 Å². The van der Waals surface area contributed by atoms with E-state index in [0.717, 1.165) is 22.6 Å². The van der Waals surface area contributed by atoms with E-state index in [0.29, 0.717) is 0 Å². The third kappa shape index (κ3) is 1.73. The Morgan fingerprint density at radius 3 is 2.39 bits per heavy atom. The number of nitrogens with zero attached hydrogens (tertiary/aromatic N) is 3. The molecule has 0 aliphatic carbocycles. The zero-order valence-corrected chi connectivity index (χ0v) is 9.69. The van der Waals surface area contributed by atoms with Gasteiger partial charge in [0.25, 0.3) is 0 Å². The Morgan fingerprint density at radius 2 is 1.61 bits per heavy atom. The summed E-state index contributed by atoms with van der Waals surface area (Å²) < 4.78 is 1.78. The molecule has 0 amide bonds. The van der Waals surface area contributed by atoms with Crippen molar-refractivity contribution < 1.29 is 0 Å². The highest BCUT2D eigenvalue weighted by Crippen LogP contribution is 2.26. The fourth-order valence-corrected chi connectivity index (χ4v) is 1.91. The van der Waals surface area contributed by atoms with Crippen molar-refractivity contribution in [2.75, 3.05) is 5.73 Å². The molecule has 0 fully saturated rings. The molecule has 0 spiro atoms. The fourth-order valence-electron chi connectivity index (χ4n) is 1.91. The summed E-state index contributed by atoms with van der Waals surface area (Å²) in [5.74, 6) is 0. The Balaban J connectivity index is 2.16. The normalized spacial score (nSPS) is 10.4. The molecule has 1 aromatic heterocycles. The Kier molecular flexibility index (Phi) is 2.53. The Bertz CT molecular complexity index is 658. The minimum Gasteiger partial charge on any atom is -0.398 e. The number of benzene rings is 2. The van der Waals surface area contributed by atoms with Gasteiger partial charge >= 0.3 is 0 Å². The van der Waals surface area contributed by atoms with Crippen LogP contribution in [0, 0.1) is 0 Å². The predicted octanol–water partition coefficient (Wildman–Crippen LogP) is 2.52. The first-order valence-corrected chi connectivity index (χ1v) is 5.67. The summed E-state index contributed by atoms with van der Waals surface area (Å²) in [6.07, 6.45) is 1.72. The number of hydrogen-bond acceptors (Lipinski definition) is 3. The average molecular weight is 236 g/mol. The Labute approximate surface area is 105 Å². The van der Waals surface area contributed by atoms with E-state index < -0.39 is 0 Å². The van der Waals surface area contributed by atoms with Crippen LogP contribution in [0.5, 0.6) is 0 Å². The summed E-state index contributed by atoms with van der Waals surface area (Å²) in [5.41, 5.74) is 9.50. The number of hydrogen-bond donors (Lipinski definition) is 1. The Hall–Kier alpha value is -2.62. The minimum atomic E-state index is 0.719. The van der Waals surface area contributed by atoms with E-state index in [2.05, 4.69) is 10.3 Å². The second-order valence-corrected chi connectivity index (χ2v) is 3.95. The van der Waals surface area contributed by atoms with Gasteiger partial charge in [0, 0.05) is 11.3 Å². The van der Waals surface area contributed by atoms with E-state index in [4.69, 9.17) is 5.73 Å². The molecule has 2 N–H and O–H groups in total. The van der Waals surface area contributed by atoms with Crippen LogP contribution >= 0.6 is 0 Å². The van der Waals surface area contributed by atoms with E-state index in [-0.39, 0.29) is 0 Å². The summed E-state index contributed by atoms with van der Waals surface area (Å²) in [6.45, 7) is 0. The van der Waals surface area contributed by atoms with Crippen molar-refractivity contribution in [3.8, 4) is 16.9 Å². The summed E-state index contributed by atoms with van der Waals surface area (Å²) in [6, 6.07) is 17.6. The summed E-state index contributed by atoms with van der Waals surface area (Å²) >= 11 is 0. The molecule has 0 saturated heterocycles. The largest absolute Gasteiger partial charge is 0.398 e. The quantitative estimate of drug-likeness (QED) is 0.695. The lowest BCUT2D eigenvalue weighted by Gasteiger charge is -2.07. The van der Waals surface area contributed by atoms with E-state index in [1.807, 2.05) is 54.6 Å². The minimum absolute atomic E-state index is 0.719. The molecule has 4 nitrogen and oxygen atoms in total. The first-order chi connectivity index (χ1) is 8.86. The van der Waals surface area contributed by atoms with Gasteiger partial charge in [0.2, 0.25) is 0 Å². The van der Waals surface area contributed by atoms with E-state index in [1.165, 1.54) is 0 Å². The second-order valence-electron chi connectivity index (χ2n) is 3.95. The van der Waals surface area contributed by atoms with Crippen molar-refractivity contribution in [2.24, 2.45) is 0 Å². The lowest BCUT2D eigenvalue weighted by molar-refractivity contribution is 0.808. The fraction of sp³-hybridized carbons (Fsp3) is 0. The molecule has 1 heterocycles. The second kappa shape index (κ2) is 4.33. The number of anilines is 1. The highest BCUT2D eigenvalue weighted by molar-refractivity contribution is 5.74. The number of para-hydroxylation sites is 2. The molecule has 0 atom stereocenters. The lowest BCUT2D eigenvalue weighted by atomic mass is 10.1. The highest BCUT2D eigenvalue weighted by Gasteiger charge is 2.10. The van der Waals surface area contributed by atoms with Crippen LogP contribution in [0.3, 0.4) is 0 Å². The van der Waals surface area contributed by atoms with Gasteiger partial charge in [0.1, 0.15) is 0 Å². The van der Waals surface area contributed by atoms with Crippen molar-refractivity contribution in [3.63, 3.8) is 0 Å². The van der Waals surface area contributed by atoms with Gasteiger partial charge in [0.15, 0.2) is 0 Å². The zero-order chi connectivity index (χ0) is 12.4. The van der Waals surface area contributed by atoms with E-state index in [1.54, 1.807) is 10.9 Å². The van der Waals surface area contributed by atoms with Crippen LogP contribution in [-0.4, -0.2) is 15.0 Å². The SMILES string of the molecule is Nc1ccccc1-c1cnnn1-c1ccccc1. The molecular weight excluding hydrogens is 224 g/mol. The molecule has 4 heteroatoms. The molecule has 0 saturated carbocycles. The highest BCUT2D eigenvalue weighted by atomic mass is 15.4.